The van der Waals surface area contributed by atoms with Crippen LogP contribution in [-0.2, 0) is 17.8 Å². The first-order chi connectivity index (χ1) is 14.7. The Morgan fingerprint density at radius 2 is 1.94 bits per heavy atom. The topological polar surface area (TPSA) is 99.3 Å². The van der Waals surface area contributed by atoms with E-state index in [1.807, 2.05) is 38.1 Å². The normalized spacial score (nSPS) is 17.9. The Morgan fingerprint density at radius 3 is 2.71 bits per heavy atom. The summed E-state index contributed by atoms with van der Waals surface area (Å²) in [4.78, 5) is 54.4. The minimum absolute atomic E-state index is 0.0598. The Bertz CT molecular complexity index is 1120. The minimum Gasteiger partial charge on any atom is -0.348 e. The molecule has 0 unspecified atom stereocenters. The summed E-state index contributed by atoms with van der Waals surface area (Å²) in [5.74, 6) is -0.475. The second kappa shape index (κ2) is 8.13. The molecule has 0 saturated carbocycles. The zero-order chi connectivity index (χ0) is 22.2. The molecule has 1 fully saturated rings. The second-order valence-electron chi connectivity index (χ2n) is 9.20. The van der Waals surface area contributed by atoms with E-state index in [1.54, 1.807) is 4.90 Å². The van der Waals surface area contributed by atoms with Crippen molar-refractivity contribution in [3.05, 3.63) is 63.1 Å². The number of ketones is 1. The summed E-state index contributed by atoms with van der Waals surface area (Å²) >= 11 is 0. The molecular weight excluding hydrogens is 394 g/mol. The molecule has 1 aliphatic heterocycles. The van der Waals surface area contributed by atoms with Gasteiger partial charge < -0.3 is 15.2 Å². The van der Waals surface area contributed by atoms with Gasteiger partial charge in [0.05, 0.1) is 0 Å². The molecule has 2 N–H and O–H groups in total. The molecule has 0 spiro atoms. The quantitative estimate of drug-likeness (QED) is 0.793. The molecule has 162 valence electrons. The van der Waals surface area contributed by atoms with Crippen molar-refractivity contribution in [2.75, 3.05) is 11.4 Å². The van der Waals surface area contributed by atoms with Crippen molar-refractivity contribution < 1.29 is 14.4 Å². The Balaban J connectivity index is 1.49. The minimum atomic E-state index is -0.527. The van der Waals surface area contributed by atoms with Crippen molar-refractivity contribution in [3.63, 3.8) is 0 Å². The summed E-state index contributed by atoms with van der Waals surface area (Å²) in [5, 5.41) is 2.76. The number of pyridine rings is 1. The number of nitrogens with one attached hydrogen (secondary N) is 2. The third-order valence-electron chi connectivity index (χ3n) is 5.96. The van der Waals surface area contributed by atoms with Crippen LogP contribution in [0.2, 0.25) is 0 Å². The fraction of sp³-hybridized carbons (Fsp3) is 0.417. The number of Topliss-reactive ketones (excluding diaryl/α,β-unsaturated/α-hetero) is 1. The van der Waals surface area contributed by atoms with Crippen LogP contribution in [0.4, 0.5) is 5.69 Å². The first-order valence-electron chi connectivity index (χ1n) is 10.7. The molecule has 1 saturated heterocycles. The van der Waals surface area contributed by atoms with Crippen molar-refractivity contribution in [1.29, 1.82) is 0 Å². The number of anilines is 1. The molecule has 31 heavy (non-hydrogen) atoms. The van der Waals surface area contributed by atoms with Gasteiger partial charge in [-0.05, 0) is 48.4 Å². The molecule has 0 bridgehead atoms. The number of hydrogen-bond donors (Lipinski definition) is 2. The predicted molar refractivity (Wildman–Crippen MR) is 117 cm³/mol. The van der Waals surface area contributed by atoms with Crippen LogP contribution in [0.15, 0.2) is 35.1 Å². The van der Waals surface area contributed by atoms with E-state index >= 15 is 0 Å². The number of rotatable bonds is 4. The van der Waals surface area contributed by atoms with Gasteiger partial charge in [-0.2, -0.15) is 0 Å². The van der Waals surface area contributed by atoms with E-state index in [9.17, 15) is 19.2 Å². The molecule has 7 heteroatoms. The highest BCUT2D eigenvalue weighted by Gasteiger charge is 2.32. The number of nitrogens with zero attached hydrogens (tertiary/aromatic N) is 1. The van der Waals surface area contributed by atoms with E-state index in [0.717, 1.165) is 24.1 Å². The predicted octanol–water partition coefficient (Wildman–Crippen LogP) is 2.98. The zero-order valence-corrected chi connectivity index (χ0v) is 17.9. The highest BCUT2D eigenvalue weighted by atomic mass is 16.2. The molecule has 1 aliphatic carbocycles. The Labute approximate surface area is 180 Å². The second-order valence-corrected chi connectivity index (χ2v) is 9.20. The van der Waals surface area contributed by atoms with E-state index in [0.29, 0.717) is 37.1 Å². The van der Waals surface area contributed by atoms with Crippen molar-refractivity contribution in [2.24, 2.45) is 5.41 Å². The van der Waals surface area contributed by atoms with Gasteiger partial charge >= 0.3 is 0 Å². The maximum Gasteiger partial charge on any atom is 0.261 e. The number of amides is 2. The van der Waals surface area contributed by atoms with Crippen LogP contribution in [-0.4, -0.2) is 29.1 Å². The van der Waals surface area contributed by atoms with Gasteiger partial charge in [-0.3, -0.25) is 19.2 Å². The SMILES string of the molecule is CC1(C)CC(=O)c2cc(C(=O)NCc3cccc(N4CCCCC4=O)c3)c(=O)[nH]c2C1. The van der Waals surface area contributed by atoms with Crippen LogP contribution in [0.1, 0.15) is 71.5 Å². The fourth-order valence-corrected chi connectivity index (χ4v) is 4.39. The molecule has 2 heterocycles. The number of aromatic amines is 1. The number of H-pyrrole nitrogens is 1. The third kappa shape index (κ3) is 4.45. The van der Waals surface area contributed by atoms with Gasteiger partial charge in [0.25, 0.3) is 11.5 Å². The smallest absolute Gasteiger partial charge is 0.261 e. The number of piperidine rings is 1. The summed E-state index contributed by atoms with van der Waals surface area (Å²) in [6, 6.07) is 8.90. The van der Waals surface area contributed by atoms with Crippen LogP contribution in [0.5, 0.6) is 0 Å². The lowest BCUT2D eigenvalue weighted by Crippen LogP contribution is -2.35. The van der Waals surface area contributed by atoms with Gasteiger partial charge in [0, 0.05) is 42.9 Å². The standard InChI is InChI=1S/C24H27N3O4/c1-24(2)12-19-17(20(28)13-24)11-18(23(31)26-19)22(30)25-14-15-6-5-7-16(10-15)27-9-4-3-8-21(27)29/h5-7,10-11H,3-4,8-9,12-14H2,1-2H3,(H,25,30)(H,26,31). The molecule has 2 aromatic rings. The van der Waals surface area contributed by atoms with Crippen molar-refractivity contribution in [2.45, 2.75) is 52.5 Å². The molecular formula is C24H27N3O4. The van der Waals surface area contributed by atoms with Gasteiger partial charge in [-0.15, -0.1) is 0 Å². The van der Waals surface area contributed by atoms with E-state index in [2.05, 4.69) is 10.3 Å². The van der Waals surface area contributed by atoms with Gasteiger partial charge in [-0.25, -0.2) is 0 Å². The van der Waals surface area contributed by atoms with E-state index in [-0.39, 0.29) is 29.2 Å². The van der Waals surface area contributed by atoms with Gasteiger partial charge in [-0.1, -0.05) is 26.0 Å². The maximum absolute atomic E-state index is 12.7. The van der Waals surface area contributed by atoms with Gasteiger partial charge in [0.15, 0.2) is 5.78 Å². The van der Waals surface area contributed by atoms with Crippen LogP contribution >= 0.6 is 0 Å². The molecule has 1 aromatic carbocycles. The Morgan fingerprint density at radius 1 is 1.13 bits per heavy atom. The highest BCUT2D eigenvalue weighted by Crippen LogP contribution is 2.33. The lowest BCUT2D eigenvalue weighted by molar-refractivity contribution is -0.119. The van der Waals surface area contributed by atoms with E-state index in [4.69, 9.17) is 0 Å². The summed E-state index contributed by atoms with van der Waals surface area (Å²) in [6.45, 7) is 4.88. The summed E-state index contributed by atoms with van der Waals surface area (Å²) in [5.41, 5.74) is 1.91. The maximum atomic E-state index is 12.7. The van der Waals surface area contributed by atoms with Crippen LogP contribution < -0.4 is 15.8 Å². The van der Waals surface area contributed by atoms with Crippen LogP contribution in [0.25, 0.3) is 0 Å². The number of aromatic nitrogens is 1. The Hall–Kier alpha value is -3.22. The fourth-order valence-electron chi connectivity index (χ4n) is 4.39. The van der Waals surface area contributed by atoms with Crippen molar-refractivity contribution >= 4 is 23.3 Å². The zero-order valence-electron chi connectivity index (χ0n) is 17.9. The lowest BCUT2D eigenvalue weighted by atomic mass is 9.75. The third-order valence-corrected chi connectivity index (χ3v) is 5.96. The molecule has 1 aromatic heterocycles. The number of carbonyl (C=O) groups excluding carboxylic acids is 3. The van der Waals surface area contributed by atoms with Crippen LogP contribution in [0, 0.1) is 5.41 Å². The monoisotopic (exact) mass is 421 g/mol. The first kappa shape index (κ1) is 21.0. The average Bonchev–Trinajstić information content (AvgIpc) is 2.71. The van der Waals surface area contributed by atoms with E-state index < -0.39 is 11.5 Å². The number of hydrogen-bond acceptors (Lipinski definition) is 4. The van der Waals surface area contributed by atoms with Crippen molar-refractivity contribution in [1.82, 2.24) is 10.3 Å². The number of carbonyl (C=O) groups is 3. The highest BCUT2D eigenvalue weighted by molar-refractivity contribution is 6.02. The molecule has 0 atom stereocenters. The Kier molecular flexibility index (Phi) is 5.52. The summed E-state index contributed by atoms with van der Waals surface area (Å²) < 4.78 is 0. The first-order valence-corrected chi connectivity index (χ1v) is 10.7. The lowest BCUT2D eigenvalue weighted by Gasteiger charge is -2.29. The average molecular weight is 421 g/mol. The summed E-state index contributed by atoms with van der Waals surface area (Å²) in [7, 11) is 0. The molecule has 2 amide bonds. The van der Waals surface area contributed by atoms with E-state index in [1.165, 1.54) is 6.07 Å². The number of benzene rings is 1. The van der Waals surface area contributed by atoms with Gasteiger partial charge in [0.2, 0.25) is 5.91 Å². The summed E-state index contributed by atoms with van der Waals surface area (Å²) in [6.07, 6.45) is 3.42. The largest absolute Gasteiger partial charge is 0.348 e. The molecule has 4 rings (SSSR count). The molecule has 7 nitrogen and oxygen atoms in total. The van der Waals surface area contributed by atoms with Crippen LogP contribution in [0.3, 0.4) is 0 Å². The number of fused-ring (bicyclic) bond motifs is 1. The molecule has 0 radical (unpaired) electrons. The van der Waals surface area contributed by atoms with Gasteiger partial charge in [0.1, 0.15) is 5.56 Å². The molecule has 2 aliphatic rings. The van der Waals surface area contributed by atoms with Crippen molar-refractivity contribution in [3.8, 4) is 0 Å².